The Balaban J connectivity index is 0.00000204. The van der Waals surface area contributed by atoms with Crippen LogP contribution in [0.2, 0.25) is 0 Å². The number of hydrogen-bond acceptors (Lipinski definition) is 8. The minimum Gasteiger partial charge on any atom is -0.514 e. The van der Waals surface area contributed by atoms with Crippen molar-refractivity contribution in [1.29, 1.82) is 0 Å². The molecule has 4 aromatic heterocycles. The second-order valence-electron chi connectivity index (χ2n) is 14.6. The molecular formula is C44H24B2N8O4Pt2. The van der Waals surface area contributed by atoms with Gasteiger partial charge in [0.15, 0.2) is 23.0 Å². The van der Waals surface area contributed by atoms with Crippen molar-refractivity contribution in [2.45, 2.75) is 0 Å². The molecule has 16 heteroatoms. The largest absolute Gasteiger partial charge is 2.00 e. The average Bonchev–Trinajstić information content (AvgIpc) is 4.11. The molecular weight excluding hydrogens is 1120 g/mol. The number of hydrogen-bond donors (Lipinski definition) is 0. The third-order valence-corrected chi connectivity index (χ3v) is 11.3. The summed E-state index contributed by atoms with van der Waals surface area (Å²) in [6.45, 7) is -0.872. The van der Waals surface area contributed by atoms with E-state index in [9.17, 15) is 0 Å². The molecule has 0 N–H and O–H groups in total. The molecule has 0 atom stereocenters. The molecule has 290 valence electrons. The zero-order valence-corrected chi connectivity index (χ0v) is 35.9. The minimum atomic E-state index is -0.436. The van der Waals surface area contributed by atoms with Crippen molar-refractivity contribution in [1.82, 2.24) is 38.7 Å². The molecule has 0 saturated carbocycles. The van der Waals surface area contributed by atoms with Gasteiger partial charge in [-0.2, -0.15) is 22.3 Å². The zero-order chi connectivity index (χ0) is 38.2. The summed E-state index contributed by atoms with van der Waals surface area (Å²) in [5.41, 5.74) is 7.94. The van der Waals surface area contributed by atoms with Crippen LogP contribution in [0, 0.1) is 24.3 Å². The molecule has 0 spiro atoms. The van der Waals surface area contributed by atoms with Gasteiger partial charge in [0.1, 0.15) is 0 Å². The van der Waals surface area contributed by atoms with Gasteiger partial charge in [-0.1, -0.05) is 0 Å². The summed E-state index contributed by atoms with van der Waals surface area (Å²) in [6, 6.07) is 34.3. The van der Waals surface area contributed by atoms with Crippen LogP contribution in [0.4, 0.5) is 0 Å². The van der Waals surface area contributed by atoms with Crippen molar-refractivity contribution in [2.24, 2.45) is 14.1 Å². The SMILES string of the molecule is Cn1ccnc1-c1[c-]c2c(cc1)Oc1c3c4c(c5c1B2c1[c-]c(-n2cccn2)ccc1O5)Oc1ccc(-n2cccn2)[c-]c1B4c1[c-]c(-c2nccn2C)ccc1O3.[Pt+2].[Pt+2]. The van der Waals surface area contributed by atoms with Gasteiger partial charge in [-0.3, -0.25) is 19.3 Å². The molecule has 0 bridgehead atoms. The van der Waals surface area contributed by atoms with Crippen LogP contribution in [0.25, 0.3) is 34.2 Å². The van der Waals surface area contributed by atoms with E-state index in [4.69, 9.17) is 18.9 Å². The van der Waals surface area contributed by atoms with E-state index < -0.39 is 13.4 Å². The maximum atomic E-state index is 7.00. The second kappa shape index (κ2) is 13.6. The molecule has 0 radical (unpaired) electrons. The first-order valence-electron chi connectivity index (χ1n) is 18.7. The van der Waals surface area contributed by atoms with Crippen LogP contribution in [0.15, 0.2) is 110 Å². The molecule has 13 rings (SSSR count). The van der Waals surface area contributed by atoms with Gasteiger partial charge in [-0.05, 0) is 23.5 Å². The molecule has 0 fully saturated rings. The molecule has 4 aliphatic rings. The van der Waals surface area contributed by atoms with E-state index in [1.165, 1.54) is 0 Å². The third kappa shape index (κ3) is 5.20. The first-order valence-corrected chi connectivity index (χ1v) is 18.7. The Labute approximate surface area is 372 Å². The van der Waals surface area contributed by atoms with E-state index >= 15 is 0 Å². The van der Waals surface area contributed by atoms with Crippen LogP contribution >= 0.6 is 0 Å². The fourth-order valence-electron chi connectivity index (χ4n) is 8.71. The maximum Gasteiger partial charge on any atom is 2.00 e. The number of rotatable bonds is 4. The van der Waals surface area contributed by atoms with Crippen LogP contribution < -0.4 is 51.7 Å². The fraction of sp³-hybridized carbons (Fsp3) is 0.0455. The van der Waals surface area contributed by atoms with E-state index in [0.717, 1.165) is 66.9 Å². The van der Waals surface area contributed by atoms with Gasteiger partial charge in [0, 0.05) is 97.6 Å². The molecule has 5 aromatic carbocycles. The van der Waals surface area contributed by atoms with Crippen LogP contribution in [0.5, 0.6) is 46.0 Å². The minimum absolute atomic E-state index is 0. The van der Waals surface area contributed by atoms with Crippen molar-refractivity contribution in [3.63, 3.8) is 0 Å². The predicted octanol–water partition coefficient (Wildman–Crippen LogP) is 3.51. The monoisotopic (exact) mass is 1140 g/mol. The average molecular weight is 1140 g/mol. The fourth-order valence-corrected chi connectivity index (χ4v) is 8.71. The van der Waals surface area contributed by atoms with Crippen LogP contribution in [0.1, 0.15) is 0 Å². The Morgan fingerprint density at radius 3 is 1.20 bits per heavy atom. The number of aromatic nitrogens is 8. The summed E-state index contributed by atoms with van der Waals surface area (Å²) in [4.78, 5) is 9.27. The van der Waals surface area contributed by atoms with Crippen LogP contribution in [-0.4, -0.2) is 52.1 Å². The van der Waals surface area contributed by atoms with Crippen molar-refractivity contribution in [3.05, 3.63) is 135 Å². The van der Waals surface area contributed by atoms with Gasteiger partial charge >= 0.3 is 42.1 Å². The van der Waals surface area contributed by atoms with E-state index in [1.54, 1.807) is 34.2 Å². The molecule has 0 unspecified atom stereocenters. The Hall–Kier alpha value is -6.35. The normalized spacial score (nSPS) is 13.0. The Kier molecular flexibility index (Phi) is 8.31. The molecule has 12 nitrogen and oxygen atoms in total. The Morgan fingerprint density at radius 2 is 0.850 bits per heavy atom. The molecule has 8 heterocycles. The summed E-state index contributed by atoms with van der Waals surface area (Å²) in [6.07, 6.45) is 14.7. The Bertz CT molecular complexity index is 2970. The smallest absolute Gasteiger partial charge is 0.514 e. The number of imidazole rings is 2. The van der Waals surface area contributed by atoms with Crippen molar-refractivity contribution >= 4 is 46.2 Å². The molecule has 9 aromatic rings. The number of benzene rings is 5. The third-order valence-electron chi connectivity index (χ3n) is 11.3. The summed E-state index contributed by atoms with van der Waals surface area (Å²) in [5.74, 6) is 6.23. The molecule has 4 aliphatic heterocycles. The summed E-state index contributed by atoms with van der Waals surface area (Å²) in [7, 11) is 3.94. The molecule has 0 aliphatic carbocycles. The first kappa shape index (κ1) is 36.7. The predicted molar refractivity (Wildman–Crippen MR) is 216 cm³/mol. The number of aryl methyl sites for hydroxylation is 2. The Morgan fingerprint density at radius 1 is 0.467 bits per heavy atom. The zero-order valence-electron chi connectivity index (χ0n) is 31.4. The quantitative estimate of drug-likeness (QED) is 0.195. The topological polar surface area (TPSA) is 108 Å². The van der Waals surface area contributed by atoms with Gasteiger partial charge in [0.05, 0.1) is 11.6 Å². The van der Waals surface area contributed by atoms with Gasteiger partial charge < -0.3 is 28.1 Å². The van der Waals surface area contributed by atoms with E-state index in [0.29, 0.717) is 46.0 Å². The standard InChI is InChI=1S/C44H24B2N8O4.2Pt/c1-51-19-15-47-43(51)25-5-9-33-29(21-25)45-31-23-27(53-17-3-13-49-53)7-11-35(31)57-41-37(45)39(55-33)40-38-42(41)58-36-12-8-28(54-18-4-14-50-54)24-32(36)46(38)30-22-26(6-10-34(30)56-40)44-48-16-20-52(44)2;;/h3-20H,1-2H3;;/q-4;2*+2. The van der Waals surface area contributed by atoms with Gasteiger partial charge in [0.2, 0.25) is 13.4 Å². The summed E-state index contributed by atoms with van der Waals surface area (Å²) in [5, 5.41) is 9.00. The summed E-state index contributed by atoms with van der Waals surface area (Å²) < 4.78 is 35.5. The van der Waals surface area contributed by atoms with Gasteiger partial charge in [0.25, 0.3) is 0 Å². The number of ether oxygens (including phenoxy) is 4. The molecule has 0 amide bonds. The van der Waals surface area contributed by atoms with Crippen molar-refractivity contribution in [2.75, 3.05) is 0 Å². The summed E-state index contributed by atoms with van der Waals surface area (Å²) >= 11 is 0. The maximum absolute atomic E-state index is 7.00. The van der Waals surface area contributed by atoms with Crippen molar-refractivity contribution in [3.8, 4) is 80.1 Å². The van der Waals surface area contributed by atoms with Crippen LogP contribution in [0.3, 0.4) is 0 Å². The van der Waals surface area contributed by atoms with Crippen LogP contribution in [-0.2, 0) is 56.2 Å². The number of nitrogens with zero attached hydrogens (tertiary/aromatic N) is 8. The van der Waals surface area contributed by atoms with E-state index in [-0.39, 0.29) is 42.1 Å². The van der Waals surface area contributed by atoms with E-state index in [2.05, 4.69) is 44.4 Å². The van der Waals surface area contributed by atoms with Crippen molar-refractivity contribution < 1.29 is 61.1 Å². The molecule has 60 heavy (non-hydrogen) atoms. The van der Waals surface area contributed by atoms with Gasteiger partial charge in [-0.25, -0.2) is 0 Å². The second-order valence-corrected chi connectivity index (χ2v) is 14.6. The van der Waals surface area contributed by atoms with E-state index in [1.807, 2.05) is 109 Å². The van der Waals surface area contributed by atoms with Gasteiger partial charge in [-0.15, -0.1) is 93.6 Å². The molecule has 0 saturated heterocycles. The first-order chi connectivity index (χ1) is 28.6. The number of fused-ring (bicyclic) bond motifs is 10.